The predicted molar refractivity (Wildman–Crippen MR) is 83.2 cm³/mol. The molecule has 0 radical (unpaired) electrons. The molecule has 0 aromatic heterocycles. The molecule has 0 aromatic rings. The second-order valence-electron chi connectivity index (χ2n) is 8.40. The SMILES string of the molecule is CC(C)(C)CC(C)(C)NC(=O)N1CCC(C)(C(=O)O)CC1. The summed E-state index contributed by atoms with van der Waals surface area (Å²) in [5, 5.41) is 12.3. The van der Waals surface area contributed by atoms with Gasteiger partial charge >= 0.3 is 12.0 Å². The predicted octanol–water partition coefficient (Wildman–Crippen LogP) is 3.10. The zero-order chi connectivity index (χ0) is 16.5. The van der Waals surface area contributed by atoms with E-state index in [4.69, 9.17) is 0 Å². The van der Waals surface area contributed by atoms with Gasteiger partial charge in [-0.3, -0.25) is 4.79 Å². The number of hydrogen-bond acceptors (Lipinski definition) is 2. The van der Waals surface area contributed by atoms with Crippen molar-refractivity contribution in [2.24, 2.45) is 10.8 Å². The number of nitrogens with zero attached hydrogens (tertiary/aromatic N) is 1. The van der Waals surface area contributed by atoms with Crippen molar-refractivity contribution in [3.8, 4) is 0 Å². The maximum atomic E-state index is 12.3. The monoisotopic (exact) mass is 298 g/mol. The zero-order valence-corrected chi connectivity index (χ0v) is 14.2. The molecule has 1 aliphatic rings. The van der Waals surface area contributed by atoms with Crippen LogP contribution in [0.1, 0.15) is 60.8 Å². The molecule has 5 nitrogen and oxygen atoms in total. The molecule has 0 aliphatic carbocycles. The molecule has 2 N–H and O–H groups in total. The molecule has 0 atom stereocenters. The van der Waals surface area contributed by atoms with Gasteiger partial charge in [-0.05, 0) is 45.4 Å². The molecule has 5 heteroatoms. The Kier molecular flexibility index (Phi) is 4.96. The van der Waals surface area contributed by atoms with Gasteiger partial charge in [0.2, 0.25) is 0 Å². The fourth-order valence-corrected chi connectivity index (χ4v) is 3.16. The first kappa shape index (κ1) is 17.8. The Morgan fingerprint density at radius 3 is 2.00 bits per heavy atom. The van der Waals surface area contributed by atoms with Crippen LogP contribution in [-0.4, -0.2) is 40.6 Å². The van der Waals surface area contributed by atoms with Gasteiger partial charge in [0.1, 0.15) is 0 Å². The lowest BCUT2D eigenvalue weighted by Gasteiger charge is -2.39. The molecule has 1 rings (SSSR count). The van der Waals surface area contributed by atoms with Crippen molar-refractivity contribution >= 4 is 12.0 Å². The zero-order valence-electron chi connectivity index (χ0n) is 14.2. The topological polar surface area (TPSA) is 69.6 Å². The normalized spacial score (nSPS) is 19.2. The minimum absolute atomic E-state index is 0.0864. The Bertz CT molecular complexity index is 402. The van der Waals surface area contributed by atoms with Crippen molar-refractivity contribution in [1.82, 2.24) is 10.2 Å². The molecule has 0 aromatic carbocycles. The number of aliphatic carboxylic acids is 1. The van der Waals surface area contributed by atoms with Gasteiger partial charge in [0, 0.05) is 18.6 Å². The van der Waals surface area contributed by atoms with Crippen LogP contribution in [0.2, 0.25) is 0 Å². The van der Waals surface area contributed by atoms with Crippen LogP contribution < -0.4 is 5.32 Å². The lowest BCUT2D eigenvalue weighted by molar-refractivity contribution is -0.150. The largest absolute Gasteiger partial charge is 0.481 e. The van der Waals surface area contributed by atoms with E-state index in [1.807, 2.05) is 13.8 Å². The van der Waals surface area contributed by atoms with Crippen molar-refractivity contribution in [2.75, 3.05) is 13.1 Å². The van der Waals surface area contributed by atoms with Crippen LogP contribution in [0.25, 0.3) is 0 Å². The van der Waals surface area contributed by atoms with Crippen LogP contribution in [0, 0.1) is 10.8 Å². The number of carbonyl (C=O) groups excluding carboxylic acids is 1. The lowest BCUT2D eigenvalue weighted by Crippen LogP contribution is -2.54. The molecule has 1 saturated heterocycles. The third kappa shape index (κ3) is 5.21. The smallest absolute Gasteiger partial charge is 0.317 e. The van der Waals surface area contributed by atoms with Crippen LogP contribution in [0.15, 0.2) is 0 Å². The molecule has 0 saturated carbocycles. The van der Waals surface area contributed by atoms with Gasteiger partial charge in [0.25, 0.3) is 0 Å². The number of carboxylic acid groups (broad SMARTS) is 1. The molecule has 1 fully saturated rings. The van der Waals surface area contributed by atoms with Gasteiger partial charge in [-0.1, -0.05) is 20.8 Å². The maximum Gasteiger partial charge on any atom is 0.317 e. The van der Waals surface area contributed by atoms with E-state index in [0.717, 1.165) is 6.42 Å². The summed E-state index contributed by atoms with van der Waals surface area (Å²) in [6.07, 6.45) is 1.90. The van der Waals surface area contributed by atoms with Crippen molar-refractivity contribution in [3.05, 3.63) is 0 Å². The summed E-state index contributed by atoms with van der Waals surface area (Å²) in [5.41, 5.74) is -0.832. The Morgan fingerprint density at radius 1 is 1.14 bits per heavy atom. The van der Waals surface area contributed by atoms with Crippen LogP contribution in [0.4, 0.5) is 4.79 Å². The number of carbonyl (C=O) groups is 2. The van der Waals surface area contributed by atoms with E-state index in [1.165, 1.54) is 0 Å². The highest BCUT2D eigenvalue weighted by Crippen LogP contribution is 2.31. The van der Waals surface area contributed by atoms with Gasteiger partial charge in [-0.25, -0.2) is 4.79 Å². The van der Waals surface area contributed by atoms with E-state index in [0.29, 0.717) is 25.9 Å². The summed E-state index contributed by atoms with van der Waals surface area (Å²) in [6.45, 7) is 13.3. The number of likely N-dealkylation sites (tertiary alicyclic amines) is 1. The lowest BCUT2D eigenvalue weighted by atomic mass is 9.80. The first-order valence-electron chi connectivity index (χ1n) is 7.65. The molecule has 2 amide bonds. The number of nitrogens with one attached hydrogen (secondary N) is 1. The van der Waals surface area contributed by atoms with Crippen molar-refractivity contribution < 1.29 is 14.7 Å². The summed E-state index contributed by atoms with van der Waals surface area (Å²) in [6, 6.07) is -0.0864. The van der Waals surface area contributed by atoms with Gasteiger partial charge in [0.05, 0.1) is 5.41 Å². The molecular formula is C16H30N2O3. The second kappa shape index (κ2) is 5.85. The summed E-state index contributed by atoms with van der Waals surface area (Å²) in [5.74, 6) is -0.768. The molecule has 0 spiro atoms. The first-order chi connectivity index (χ1) is 9.35. The highest BCUT2D eigenvalue weighted by atomic mass is 16.4. The van der Waals surface area contributed by atoms with Crippen LogP contribution in [0.5, 0.6) is 0 Å². The van der Waals surface area contributed by atoms with E-state index in [9.17, 15) is 14.7 Å². The Morgan fingerprint density at radius 2 is 1.62 bits per heavy atom. The minimum Gasteiger partial charge on any atom is -0.481 e. The van der Waals surface area contributed by atoms with Crippen molar-refractivity contribution in [1.29, 1.82) is 0 Å². The van der Waals surface area contributed by atoms with E-state index in [2.05, 4.69) is 26.1 Å². The highest BCUT2D eigenvalue weighted by Gasteiger charge is 2.39. The Hall–Kier alpha value is -1.26. The summed E-state index contributed by atoms with van der Waals surface area (Å²) < 4.78 is 0. The maximum absolute atomic E-state index is 12.3. The number of urea groups is 1. The number of carboxylic acids is 1. The fraction of sp³-hybridized carbons (Fsp3) is 0.875. The molecule has 1 aliphatic heterocycles. The van der Waals surface area contributed by atoms with Crippen molar-refractivity contribution in [3.63, 3.8) is 0 Å². The van der Waals surface area contributed by atoms with Gasteiger partial charge in [-0.15, -0.1) is 0 Å². The summed E-state index contributed by atoms with van der Waals surface area (Å²) in [7, 11) is 0. The first-order valence-corrected chi connectivity index (χ1v) is 7.65. The molecule has 0 unspecified atom stereocenters. The average Bonchev–Trinajstić information content (AvgIpc) is 2.25. The number of piperidine rings is 1. The third-order valence-corrected chi connectivity index (χ3v) is 4.09. The van der Waals surface area contributed by atoms with Gasteiger partial charge < -0.3 is 15.3 Å². The second-order valence-corrected chi connectivity index (χ2v) is 8.40. The molecule has 21 heavy (non-hydrogen) atoms. The standard InChI is InChI=1S/C16H30N2O3/c1-14(2,3)11-15(4,5)17-13(21)18-9-7-16(6,8-10-18)12(19)20/h7-11H2,1-6H3,(H,17,21)(H,19,20). The number of hydrogen-bond donors (Lipinski definition) is 2. The van der Waals surface area contributed by atoms with E-state index in [1.54, 1.807) is 11.8 Å². The quantitative estimate of drug-likeness (QED) is 0.841. The van der Waals surface area contributed by atoms with E-state index in [-0.39, 0.29) is 17.0 Å². The molecule has 0 bridgehead atoms. The number of rotatable bonds is 3. The van der Waals surface area contributed by atoms with Gasteiger partial charge in [-0.2, -0.15) is 0 Å². The minimum atomic E-state index is -0.768. The van der Waals surface area contributed by atoms with Gasteiger partial charge in [0.15, 0.2) is 0 Å². The van der Waals surface area contributed by atoms with Crippen LogP contribution in [0.3, 0.4) is 0 Å². The fourth-order valence-electron chi connectivity index (χ4n) is 3.16. The number of amides is 2. The van der Waals surface area contributed by atoms with Crippen LogP contribution in [-0.2, 0) is 4.79 Å². The third-order valence-electron chi connectivity index (χ3n) is 4.09. The van der Waals surface area contributed by atoms with Crippen molar-refractivity contribution in [2.45, 2.75) is 66.3 Å². The van der Waals surface area contributed by atoms with E-state index < -0.39 is 11.4 Å². The molecule has 122 valence electrons. The Labute approximate surface area is 128 Å². The average molecular weight is 298 g/mol. The highest BCUT2D eigenvalue weighted by molar-refractivity contribution is 5.77. The molecule has 1 heterocycles. The summed E-state index contributed by atoms with van der Waals surface area (Å²) >= 11 is 0. The molecular weight excluding hydrogens is 268 g/mol. The summed E-state index contributed by atoms with van der Waals surface area (Å²) in [4.78, 5) is 25.3. The van der Waals surface area contributed by atoms with Crippen LogP contribution >= 0.6 is 0 Å². The Balaban J connectivity index is 2.57. The van der Waals surface area contributed by atoms with E-state index >= 15 is 0 Å².